The van der Waals surface area contributed by atoms with Crippen LogP contribution in [0.3, 0.4) is 0 Å². The van der Waals surface area contributed by atoms with Gasteiger partial charge in [-0.3, -0.25) is 9.59 Å². The first-order valence-electron chi connectivity index (χ1n) is 5.96. The van der Waals surface area contributed by atoms with Crippen LogP contribution in [0.1, 0.15) is 20.8 Å². The van der Waals surface area contributed by atoms with Gasteiger partial charge >= 0.3 is 11.9 Å². The number of carbonyl (C=O) groups is 2. The van der Waals surface area contributed by atoms with E-state index in [1.807, 2.05) is 0 Å². The summed E-state index contributed by atoms with van der Waals surface area (Å²) in [6.07, 6.45) is -3.37. The molecule has 1 fully saturated rings. The van der Waals surface area contributed by atoms with Crippen molar-refractivity contribution in [3.05, 3.63) is 0 Å². The number of esters is 2. The molecule has 0 N–H and O–H groups in total. The number of rotatable bonds is 4. The van der Waals surface area contributed by atoms with Crippen molar-refractivity contribution in [3.8, 4) is 0 Å². The fraction of sp³-hybridized carbons (Fsp3) is 0.833. The largest absolute Gasteiger partial charge is 0.456 e. The van der Waals surface area contributed by atoms with Crippen LogP contribution in [0.5, 0.6) is 0 Å². The van der Waals surface area contributed by atoms with Crippen molar-refractivity contribution in [3.63, 3.8) is 0 Å². The van der Waals surface area contributed by atoms with Gasteiger partial charge in [-0.2, -0.15) is 0 Å². The molecule has 5 atom stereocenters. The van der Waals surface area contributed by atoms with Crippen molar-refractivity contribution in [1.82, 2.24) is 0 Å². The number of carbonyl (C=O) groups excluding carboxylic acids is 2. The standard InChI is InChI=1S/C12H20O7/c1-6-9(18-7(2)13)10(19-8(3)14)11(15-4)12(16-5)17-6/h6,9-12H,1-5H3. The first kappa shape index (κ1) is 15.9. The summed E-state index contributed by atoms with van der Waals surface area (Å²) in [5, 5.41) is 0. The summed E-state index contributed by atoms with van der Waals surface area (Å²) in [6, 6.07) is 0. The van der Waals surface area contributed by atoms with Crippen molar-refractivity contribution in [2.45, 2.75) is 51.5 Å². The van der Waals surface area contributed by atoms with Gasteiger partial charge in [-0.05, 0) is 6.92 Å². The molecule has 110 valence electrons. The Balaban J connectivity index is 2.97. The van der Waals surface area contributed by atoms with Crippen molar-refractivity contribution >= 4 is 11.9 Å². The van der Waals surface area contributed by atoms with E-state index >= 15 is 0 Å². The maximum Gasteiger partial charge on any atom is 0.303 e. The van der Waals surface area contributed by atoms with E-state index in [1.54, 1.807) is 6.92 Å². The Bertz CT molecular complexity index is 330. The molecule has 0 aliphatic carbocycles. The highest BCUT2D eigenvalue weighted by atomic mass is 16.7. The zero-order chi connectivity index (χ0) is 14.6. The molecule has 0 spiro atoms. The van der Waals surface area contributed by atoms with Gasteiger partial charge in [-0.15, -0.1) is 0 Å². The number of hydrogen-bond donors (Lipinski definition) is 0. The Kier molecular flexibility index (Phi) is 5.71. The van der Waals surface area contributed by atoms with E-state index in [4.69, 9.17) is 23.7 Å². The van der Waals surface area contributed by atoms with E-state index in [1.165, 1.54) is 28.1 Å². The lowest BCUT2D eigenvalue weighted by Gasteiger charge is -2.43. The van der Waals surface area contributed by atoms with Gasteiger partial charge in [0.15, 0.2) is 18.5 Å². The summed E-state index contributed by atoms with van der Waals surface area (Å²) < 4.78 is 26.3. The minimum atomic E-state index is -0.778. The molecule has 1 aliphatic heterocycles. The number of ether oxygens (including phenoxy) is 5. The van der Waals surface area contributed by atoms with Crippen molar-refractivity contribution in [2.24, 2.45) is 0 Å². The molecule has 0 amide bonds. The van der Waals surface area contributed by atoms with Crippen LogP contribution in [0.2, 0.25) is 0 Å². The average Bonchev–Trinajstić information content (AvgIpc) is 2.32. The molecule has 7 heteroatoms. The summed E-state index contributed by atoms with van der Waals surface area (Å²) in [5.74, 6) is -0.975. The van der Waals surface area contributed by atoms with Gasteiger partial charge in [0, 0.05) is 28.1 Å². The normalized spacial score (nSPS) is 34.7. The minimum Gasteiger partial charge on any atom is -0.456 e. The van der Waals surface area contributed by atoms with Gasteiger partial charge in [0.2, 0.25) is 0 Å². The predicted molar refractivity (Wildman–Crippen MR) is 63.2 cm³/mol. The highest BCUT2D eigenvalue weighted by Crippen LogP contribution is 2.28. The topological polar surface area (TPSA) is 80.3 Å². The van der Waals surface area contributed by atoms with Gasteiger partial charge < -0.3 is 23.7 Å². The second-order valence-electron chi connectivity index (χ2n) is 4.29. The second kappa shape index (κ2) is 6.83. The maximum absolute atomic E-state index is 11.2. The molecule has 7 nitrogen and oxygen atoms in total. The fourth-order valence-corrected chi connectivity index (χ4v) is 2.09. The van der Waals surface area contributed by atoms with E-state index in [0.29, 0.717) is 0 Å². The first-order chi connectivity index (χ1) is 8.90. The fourth-order valence-electron chi connectivity index (χ4n) is 2.09. The van der Waals surface area contributed by atoms with Crippen LogP contribution in [0.15, 0.2) is 0 Å². The molecule has 0 aromatic carbocycles. The second-order valence-corrected chi connectivity index (χ2v) is 4.29. The molecular weight excluding hydrogens is 256 g/mol. The van der Waals surface area contributed by atoms with Crippen molar-refractivity contribution in [1.29, 1.82) is 0 Å². The molecule has 0 radical (unpaired) electrons. The first-order valence-corrected chi connectivity index (χ1v) is 5.96. The zero-order valence-electron chi connectivity index (χ0n) is 11.7. The van der Waals surface area contributed by atoms with Gasteiger partial charge in [-0.25, -0.2) is 0 Å². The molecule has 1 aliphatic rings. The Morgan fingerprint density at radius 1 is 0.895 bits per heavy atom. The lowest BCUT2D eigenvalue weighted by Crippen LogP contribution is -2.60. The molecule has 1 rings (SSSR count). The third-order valence-electron chi connectivity index (χ3n) is 2.84. The highest BCUT2D eigenvalue weighted by Gasteiger charge is 2.48. The van der Waals surface area contributed by atoms with E-state index in [-0.39, 0.29) is 0 Å². The molecule has 0 saturated carbocycles. The van der Waals surface area contributed by atoms with Crippen molar-refractivity contribution in [2.75, 3.05) is 14.2 Å². The van der Waals surface area contributed by atoms with Gasteiger partial charge in [-0.1, -0.05) is 0 Å². The van der Waals surface area contributed by atoms with Crippen LogP contribution < -0.4 is 0 Å². The molecule has 1 heterocycles. The summed E-state index contributed by atoms with van der Waals surface area (Å²) in [4.78, 5) is 22.4. The maximum atomic E-state index is 11.2. The van der Waals surface area contributed by atoms with Gasteiger partial charge in [0.05, 0.1) is 6.10 Å². The molecule has 19 heavy (non-hydrogen) atoms. The van der Waals surface area contributed by atoms with Gasteiger partial charge in [0.1, 0.15) is 6.10 Å². The molecule has 5 unspecified atom stereocenters. The Morgan fingerprint density at radius 2 is 1.42 bits per heavy atom. The minimum absolute atomic E-state index is 0.482. The lowest BCUT2D eigenvalue weighted by atomic mass is 9.99. The summed E-state index contributed by atoms with van der Waals surface area (Å²) in [6.45, 7) is 4.27. The van der Waals surface area contributed by atoms with Crippen LogP contribution in [-0.4, -0.2) is 56.9 Å². The van der Waals surface area contributed by atoms with E-state index < -0.39 is 42.6 Å². The molecule has 0 aromatic heterocycles. The van der Waals surface area contributed by atoms with E-state index in [9.17, 15) is 9.59 Å². The van der Waals surface area contributed by atoms with Crippen LogP contribution in [-0.2, 0) is 33.3 Å². The summed E-state index contributed by atoms with van der Waals surface area (Å²) in [5.41, 5.74) is 0. The van der Waals surface area contributed by atoms with Crippen LogP contribution in [0, 0.1) is 0 Å². The Labute approximate surface area is 112 Å². The number of methoxy groups -OCH3 is 2. The predicted octanol–water partition coefficient (Wildman–Crippen LogP) is 0.256. The Morgan fingerprint density at radius 3 is 1.84 bits per heavy atom. The zero-order valence-corrected chi connectivity index (χ0v) is 11.7. The van der Waals surface area contributed by atoms with Crippen LogP contribution in [0.4, 0.5) is 0 Å². The quantitative estimate of drug-likeness (QED) is 0.681. The Hall–Kier alpha value is -1.18. The molecule has 1 saturated heterocycles. The van der Waals surface area contributed by atoms with Crippen LogP contribution >= 0.6 is 0 Å². The monoisotopic (exact) mass is 276 g/mol. The summed E-state index contributed by atoms with van der Waals surface area (Å²) in [7, 11) is 2.90. The molecular formula is C12H20O7. The van der Waals surface area contributed by atoms with Gasteiger partial charge in [0.25, 0.3) is 0 Å². The third-order valence-corrected chi connectivity index (χ3v) is 2.84. The SMILES string of the molecule is COC1OC(C)C(OC(C)=O)C(OC(C)=O)C1OC. The smallest absolute Gasteiger partial charge is 0.303 e. The lowest BCUT2D eigenvalue weighted by molar-refractivity contribution is -0.296. The van der Waals surface area contributed by atoms with E-state index in [0.717, 1.165) is 0 Å². The average molecular weight is 276 g/mol. The molecule has 0 aromatic rings. The van der Waals surface area contributed by atoms with E-state index in [2.05, 4.69) is 0 Å². The number of hydrogen-bond acceptors (Lipinski definition) is 7. The van der Waals surface area contributed by atoms with Crippen LogP contribution in [0.25, 0.3) is 0 Å². The highest BCUT2D eigenvalue weighted by molar-refractivity contribution is 5.67. The molecule has 0 bridgehead atoms. The summed E-state index contributed by atoms with van der Waals surface area (Å²) >= 11 is 0. The van der Waals surface area contributed by atoms with Crippen molar-refractivity contribution < 1.29 is 33.3 Å². The third kappa shape index (κ3) is 3.89.